The first-order chi connectivity index (χ1) is 9.70. The van der Waals surface area contributed by atoms with Gasteiger partial charge in [0.25, 0.3) is 5.91 Å². The van der Waals surface area contributed by atoms with Gasteiger partial charge in [0.15, 0.2) is 0 Å². The third-order valence-electron chi connectivity index (χ3n) is 3.36. The Morgan fingerprint density at radius 3 is 2.70 bits per heavy atom. The fourth-order valence-electron chi connectivity index (χ4n) is 2.24. The van der Waals surface area contributed by atoms with E-state index in [2.05, 4.69) is 5.32 Å². The molecule has 0 atom stereocenters. The number of carbonyl (C=O) groups is 2. The molecular weight excluding hydrogens is 254 g/mol. The molecule has 0 aliphatic carbocycles. The highest BCUT2D eigenvalue weighted by Crippen LogP contribution is 2.08. The summed E-state index contributed by atoms with van der Waals surface area (Å²) in [7, 11) is 0. The van der Waals surface area contributed by atoms with Gasteiger partial charge >= 0.3 is 0 Å². The molecule has 0 unspecified atom stereocenters. The van der Waals surface area contributed by atoms with Crippen LogP contribution in [0, 0.1) is 11.3 Å². The maximum Gasteiger partial charge on any atom is 0.251 e. The summed E-state index contributed by atoms with van der Waals surface area (Å²) in [5, 5.41) is 11.4. The van der Waals surface area contributed by atoms with Crippen molar-refractivity contribution < 1.29 is 9.59 Å². The highest BCUT2D eigenvalue weighted by molar-refractivity contribution is 5.96. The van der Waals surface area contributed by atoms with Crippen LogP contribution in [0.5, 0.6) is 0 Å². The lowest BCUT2D eigenvalue weighted by Crippen LogP contribution is -2.42. The molecule has 0 saturated carbocycles. The largest absolute Gasteiger partial charge is 0.343 e. The molecule has 1 heterocycles. The zero-order valence-corrected chi connectivity index (χ0v) is 11.3. The van der Waals surface area contributed by atoms with Gasteiger partial charge in [0, 0.05) is 18.7 Å². The molecule has 1 aliphatic heterocycles. The van der Waals surface area contributed by atoms with Gasteiger partial charge in [0.05, 0.1) is 18.2 Å². The van der Waals surface area contributed by atoms with Crippen LogP contribution in [0.2, 0.25) is 0 Å². The van der Waals surface area contributed by atoms with Crippen molar-refractivity contribution in [3.63, 3.8) is 0 Å². The van der Waals surface area contributed by atoms with Gasteiger partial charge in [0.1, 0.15) is 0 Å². The van der Waals surface area contributed by atoms with Crippen molar-refractivity contribution in [2.45, 2.75) is 19.3 Å². The first-order valence-corrected chi connectivity index (χ1v) is 6.77. The summed E-state index contributed by atoms with van der Waals surface area (Å²) >= 11 is 0. The maximum absolute atomic E-state index is 11.9. The van der Waals surface area contributed by atoms with E-state index in [1.807, 2.05) is 6.07 Å². The van der Waals surface area contributed by atoms with Gasteiger partial charge in [-0.1, -0.05) is 6.07 Å². The van der Waals surface area contributed by atoms with Crippen LogP contribution in [0.3, 0.4) is 0 Å². The number of rotatable bonds is 3. The molecule has 0 bridgehead atoms. The Morgan fingerprint density at radius 1 is 1.25 bits per heavy atom. The molecule has 1 N–H and O–H groups in total. The lowest BCUT2D eigenvalue weighted by molar-refractivity contribution is -0.130. The van der Waals surface area contributed by atoms with E-state index in [9.17, 15) is 9.59 Å². The highest BCUT2D eigenvalue weighted by Gasteiger charge is 2.17. The van der Waals surface area contributed by atoms with Gasteiger partial charge in [0.2, 0.25) is 5.91 Å². The van der Waals surface area contributed by atoms with Crippen LogP contribution in [0.15, 0.2) is 24.3 Å². The topological polar surface area (TPSA) is 73.2 Å². The van der Waals surface area contributed by atoms with Gasteiger partial charge in [-0.25, -0.2) is 0 Å². The first kappa shape index (κ1) is 14.1. The second-order valence-corrected chi connectivity index (χ2v) is 4.82. The van der Waals surface area contributed by atoms with E-state index >= 15 is 0 Å². The fraction of sp³-hybridized carbons (Fsp3) is 0.400. The van der Waals surface area contributed by atoms with Crippen molar-refractivity contribution in [2.75, 3.05) is 19.6 Å². The van der Waals surface area contributed by atoms with Gasteiger partial charge in [-0.2, -0.15) is 5.26 Å². The van der Waals surface area contributed by atoms with Gasteiger partial charge in [-0.05, 0) is 37.5 Å². The summed E-state index contributed by atoms with van der Waals surface area (Å²) in [6.45, 7) is 1.56. The number of benzene rings is 1. The fourth-order valence-corrected chi connectivity index (χ4v) is 2.24. The summed E-state index contributed by atoms with van der Waals surface area (Å²) in [6, 6.07) is 8.41. The monoisotopic (exact) mass is 271 g/mol. The van der Waals surface area contributed by atoms with E-state index in [-0.39, 0.29) is 18.4 Å². The summed E-state index contributed by atoms with van der Waals surface area (Å²) in [5.41, 5.74) is 0.829. The minimum absolute atomic E-state index is 0.00954. The van der Waals surface area contributed by atoms with Crippen molar-refractivity contribution in [1.82, 2.24) is 10.2 Å². The van der Waals surface area contributed by atoms with E-state index in [0.29, 0.717) is 11.1 Å². The van der Waals surface area contributed by atoms with Gasteiger partial charge in [-0.3, -0.25) is 9.59 Å². The molecule has 0 spiro atoms. The molecule has 1 aromatic carbocycles. The predicted molar refractivity (Wildman–Crippen MR) is 73.9 cm³/mol. The van der Waals surface area contributed by atoms with Crippen molar-refractivity contribution in [2.24, 2.45) is 0 Å². The molecule has 0 radical (unpaired) electrons. The van der Waals surface area contributed by atoms with Crippen LogP contribution in [0.4, 0.5) is 0 Å². The van der Waals surface area contributed by atoms with Crippen molar-refractivity contribution in [3.8, 4) is 6.07 Å². The van der Waals surface area contributed by atoms with Crippen LogP contribution in [-0.2, 0) is 4.79 Å². The number of hydrogen-bond acceptors (Lipinski definition) is 3. The first-order valence-electron chi connectivity index (χ1n) is 6.77. The second kappa shape index (κ2) is 6.71. The van der Waals surface area contributed by atoms with E-state index in [1.54, 1.807) is 23.1 Å². The molecule has 1 aliphatic rings. The standard InChI is InChI=1S/C15H17N3O2/c16-10-12-5-4-6-13(9-12)15(20)17-11-14(19)18-7-2-1-3-8-18/h4-6,9H,1-3,7-8,11H2,(H,17,20). The van der Waals surface area contributed by atoms with Gasteiger partial charge in [-0.15, -0.1) is 0 Å². The Balaban J connectivity index is 1.88. The quantitative estimate of drug-likeness (QED) is 0.900. The van der Waals surface area contributed by atoms with E-state index in [4.69, 9.17) is 5.26 Å². The number of piperidine rings is 1. The summed E-state index contributed by atoms with van der Waals surface area (Å²) in [6.07, 6.45) is 3.23. The molecule has 0 aromatic heterocycles. The number of carbonyl (C=O) groups excluding carboxylic acids is 2. The van der Waals surface area contributed by atoms with Crippen LogP contribution in [-0.4, -0.2) is 36.3 Å². The zero-order chi connectivity index (χ0) is 14.4. The summed E-state index contributed by atoms with van der Waals surface area (Å²) in [4.78, 5) is 25.6. The molecule has 1 aromatic rings. The summed E-state index contributed by atoms with van der Waals surface area (Å²) < 4.78 is 0. The number of nitriles is 1. The maximum atomic E-state index is 11.9. The van der Waals surface area contributed by atoms with E-state index in [1.165, 1.54) is 6.07 Å². The SMILES string of the molecule is N#Cc1cccc(C(=O)NCC(=O)N2CCCCC2)c1. The van der Waals surface area contributed by atoms with Crippen LogP contribution in [0.25, 0.3) is 0 Å². The van der Waals surface area contributed by atoms with Crippen LogP contribution in [0.1, 0.15) is 35.2 Å². The van der Waals surface area contributed by atoms with Gasteiger partial charge < -0.3 is 10.2 Å². The average molecular weight is 271 g/mol. The number of likely N-dealkylation sites (tertiary alicyclic amines) is 1. The zero-order valence-electron chi connectivity index (χ0n) is 11.3. The molecule has 5 nitrogen and oxygen atoms in total. The number of amides is 2. The number of nitrogens with zero attached hydrogens (tertiary/aromatic N) is 2. The van der Waals surface area contributed by atoms with Crippen molar-refractivity contribution in [3.05, 3.63) is 35.4 Å². The molecule has 5 heteroatoms. The van der Waals surface area contributed by atoms with Crippen molar-refractivity contribution >= 4 is 11.8 Å². The number of nitrogens with one attached hydrogen (secondary N) is 1. The van der Waals surface area contributed by atoms with E-state index < -0.39 is 0 Å². The Bertz CT molecular complexity index is 542. The Kier molecular flexibility index (Phi) is 4.72. The smallest absolute Gasteiger partial charge is 0.251 e. The Morgan fingerprint density at radius 2 is 2.00 bits per heavy atom. The highest BCUT2D eigenvalue weighted by atomic mass is 16.2. The molecule has 2 amide bonds. The normalized spacial score (nSPS) is 14.4. The number of hydrogen-bond donors (Lipinski definition) is 1. The third kappa shape index (κ3) is 3.58. The minimum atomic E-state index is -0.326. The second-order valence-electron chi connectivity index (χ2n) is 4.82. The minimum Gasteiger partial charge on any atom is -0.343 e. The molecule has 2 rings (SSSR count). The molecule has 104 valence electrons. The molecule has 1 saturated heterocycles. The average Bonchev–Trinajstić information content (AvgIpc) is 2.53. The van der Waals surface area contributed by atoms with E-state index in [0.717, 1.165) is 32.4 Å². The lowest BCUT2D eigenvalue weighted by atomic mass is 10.1. The summed E-state index contributed by atoms with van der Waals surface area (Å²) in [5.74, 6) is -0.373. The lowest BCUT2D eigenvalue weighted by Gasteiger charge is -2.26. The molecule has 20 heavy (non-hydrogen) atoms. The predicted octanol–water partition coefficient (Wildman–Crippen LogP) is 1.30. The Hall–Kier alpha value is -2.35. The molecular formula is C15H17N3O2. The third-order valence-corrected chi connectivity index (χ3v) is 3.36. The molecule has 1 fully saturated rings. The Labute approximate surface area is 118 Å². The van der Waals surface area contributed by atoms with Crippen LogP contribution < -0.4 is 5.32 Å². The van der Waals surface area contributed by atoms with Crippen LogP contribution >= 0.6 is 0 Å². The van der Waals surface area contributed by atoms with Crippen molar-refractivity contribution in [1.29, 1.82) is 5.26 Å².